The third-order valence-corrected chi connectivity index (χ3v) is 3.08. The van der Waals surface area contributed by atoms with Crippen molar-refractivity contribution in [2.75, 3.05) is 13.6 Å². The highest BCUT2D eigenvalue weighted by Crippen LogP contribution is 2.04. The number of carbonyl (C=O) groups excluding carboxylic acids is 1. The topological polar surface area (TPSA) is 45.5 Å². The molecule has 106 valence electrons. The summed E-state index contributed by atoms with van der Waals surface area (Å²) in [6, 6.07) is 13.9. The smallest absolute Gasteiger partial charge is 0.317 e. The fraction of sp³-hybridized carbons (Fsp3) is 0.312. The fourth-order valence-corrected chi connectivity index (χ4v) is 1.98. The van der Waals surface area contributed by atoms with Crippen molar-refractivity contribution in [2.24, 2.45) is 0 Å². The molecule has 0 aliphatic carbocycles. The average Bonchev–Trinajstić information content (AvgIpc) is 2.97. The fourth-order valence-electron chi connectivity index (χ4n) is 1.98. The van der Waals surface area contributed by atoms with E-state index in [1.165, 1.54) is 5.56 Å². The average molecular weight is 272 g/mol. The second kappa shape index (κ2) is 7.38. The van der Waals surface area contributed by atoms with Crippen molar-refractivity contribution >= 4 is 6.03 Å². The largest absolute Gasteiger partial charge is 0.467 e. The predicted octanol–water partition coefficient (Wildman–Crippen LogP) is 3.05. The van der Waals surface area contributed by atoms with Crippen LogP contribution in [0.2, 0.25) is 0 Å². The van der Waals surface area contributed by atoms with E-state index in [9.17, 15) is 4.79 Å². The van der Waals surface area contributed by atoms with Gasteiger partial charge in [0, 0.05) is 13.6 Å². The Kier molecular flexibility index (Phi) is 5.24. The lowest BCUT2D eigenvalue weighted by molar-refractivity contribution is 0.203. The van der Waals surface area contributed by atoms with E-state index < -0.39 is 0 Å². The maximum atomic E-state index is 11.9. The Balaban J connectivity index is 1.65. The van der Waals surface area contributed by atoms with Crippen LogP contribution in [-0.2, 0) is 13.0 Å². The molecule has 0 radical (unpaired) electrons. The Hall–Kier alpha value is -2.23. The number of amides is 2. The molecule has 4 heteroatoms. The van der Waals surface area contributed by atoms with E-state index in [0.29, 0.717) is 13.1 Å². The number of nitrogens with one attached hydrogen (secondary N) is 1. The van der Waals surface area contributed by atoms with Crippen LogP contribution in [0.4, 0.5) is 4.79 Å². The van der Waals surface area contributed by atoms with Gasteiger partial charge in [-0.25, -0.2) is 4.79 Å². The molecule has 0 saturated carbocycles. The third-order valence-electron chi connectivity index (χ3n) is 3.08. The normalized spacial score (nSPS) is 10.2. The monoisotopic (exact) mass is 272 g/mol. The molecule has 0 unspecified atom stereocenters. The molecule has 0 fully saturated rings. The summed E-state index contributed by atoms with van der Waals surface area (Å²) in [5.41, 5.74) is 1.30. The standard InChI is InChI=1S/C16H20N2O2/c1-18(13-15-10-6-12-20-15)16(19)17-11-5-9-14-7-3-2-4-8-14/h2-4,6-8,10,12H,5,9,11,13H2,1H3,(H,17,19). The Morgan fingerprint density at radius 2 is 2.00 bits per heavy atom. The second-order valence-corrected chi connectivity index (χ2v) is 4.76. The minimum absolute atomic E-state index is 0.0746. The molecule has 0 saturated heterocycles. The van der Waals surface area contributed by atoms with Crippen LogP contribution in [0.1, 0.15) is 17.7 Å². The van der Waals surface area contributed by atoms with E-state index in [0.717, 1.165) is 18.6 Å². The van der Waals surface area contributed by atoms with Gasteiger partial charge >= 0.3 is 6.03 Å². The van der Waals surface area contributed by atoms with Crippen molar-refractivity contribution in [2.45, 2.75) is 19.4 Å². The molecule has 0 aliphatic rings. The molecule has 1 aromatic heterocycles. The maximum Gasteiger partial charge on any atom is 0.317 e. The van der Waals surface area contributed by atoms with Gasteiger partial charge in [0.25, 0.3) is 0 Å². The zero-order valence-corrected chi connectivity index (χ0v) is 11.7. The lowest BCUT2D eigenvalue weighted by atomic mass is 10.1. The zero-order chi connectivity index (χ0) is 14.2. The van der Waals surface area contributed by atoms with Crippen molar-refractivity contribution in [3.63, 3.8) is 0 Å². The van der Waals surface area contributed by atoms with Gasteiger partial charge in [0.15, 0.2) is 0 Å². The number of benzene rings is 1. The van der Waals surface area contributed by atoms with Gasteiger partial charge in [0.2, 0.25) is 0 Å². The Morgan fingerprint density at radius 1 is 1.20 bits per heavy atom. The Labute approximate surface area is 119 Å². The molecular formula is C16H20N2O2. The van der Waals surface area contributed by atoms with Gasteiger partial charge in [0.1, 0.15) is 5.76 Å². The lowest BCUT2D eigenvalue weighted by Gasteiger charge is -2.16. The molecule has 2 rings (SSSR count). The number of aryl methyl sites for hydroxylation is 1. The van der Waals surface area contributed by atoms with E-state index in [1.54, 1.807) is 18.2 Å². The molecule has 20 heavy (non-hydrogen) atoms. The predicted molar refractivity (Wildman–Crippen MR) is 78.3 cm³/mol. The van der Waals surface area contributed by atoms with E-state index in [2.05, 4.69) is 17.4 Å². The van der Waals surface area contributed by atoms with E-state index >= 15 is 0 Å². The SMILES string of the molecule is CN(Cc1ccco1)C(=O)NCCCc1ccccc1. The molecule has 1 heterocycles. The number of hydrogen-bond acceptors (Lipinski definition) is 2. The molecule has 2 amide bonds. The minimum Gasteiger partial charge on any atom is -0.467 e. The number of furan rings is 1. The van der Waals surface area contributed by atoms with Crippen molar-refractivity contribution in [1.29, 1.82) is 0 Å². The summed E-state index contributed by atoms with van der Waals surface area (Å²) in [5, 5.41) is 2.91. The van der Waals surface area contributed by atoms with E-state index in [-0.39, 0.29) is 6.03 Å². The highest BCUT2D eigenvalue weighted by Gasteiger charge is 2.09. The zero-order valence-electron chi connectivity index (χ0n) is 11.7. The molecule has 1 N–H and O–H groups in total. The molecule has 0 bridgehead atoms. The highest BCUT2D eigenvalue weighted by molar-refractivity contribution is 5.73. The van der Waals surface area contributed by atoms with Crippen LogP contribution in [0.25, 0.3) is 0 Å². The Morgan fingerprint density at radius 3 is 2.70 bits per heavy atom. The van der Waals surface area contributed by atoms with Gasteiger partial charge in [-0.15, -0.1) is 0 Å². The quantitative estimate of drug-likeness (QED) is 0.821. The first-order chi connectivity index (χ1) is 9.75. The van der Waals surface area contributed by atoms with Crippen LogP contribution >= 0.6 is 0 Å². The van der Waals surface area contributed by atoms with Crippen molar-refractivity contribution in [1.82, 2.24) is 10.2 Å². The minimum atomic E-state index is -0.0746. The van der Waals surface area contributed by atoms with E-state index in [1.807, 2.05) is 30.3 Å². The first-order valence-electron chi connectivity index (χ1n) is 6.81. The van der Waals surface area contributed by atoms with Gasteiger partial charge in [-0.05, 0) is 30.5 Å². The van der Waals surface area contributed by atoms with Gasteiger partial charge in [-0.1, -0.05) is 30.3 Å². The molecular weight excluding hydrogens is 252 g/mol. The maximum absolute atomic E-state index is 11.9. The number of rotatable bonds is 6. The second-order valence-electron chi connectivity index (χ2n) is 4.76. The van der Waals surface area contributed by atoms with Crippen molar-refractivity contribution in [3.05, 3.63) is 60.1 Å². The first kappa shape index (κ1) is 14.2. The molecule has 0 atom stereocenters. The third kappa shape index (κ3) is 4.46. The van der Waals surface area contributed by atoms with Gasteiger partial charge < -0.3 is 14.6 Å². The summed E-state index contributed by atoms with van der Waals surface area (Å²) in [6.45, 7) is 1.16. The van der Waals surface area contributed by atoms with Gasteiger partial charge in [-0.3, -0.25) is 0 Å². The molecule has 2 aromatic rings. The van der Waals surface area contributed by atoms with Crippen LogP contribution in [0.5, 0.6) is 0 Å². The number of urea groups is 1. The molecule has 0 spiro atoms. The van der Waals surface area contributed by atoms with Gasteiger partial charge in [0.05, 0.1) is 12.8 Å². The summed E-state index contributed by atoms with van der Waals surface area (Å²) >= 11 is 0. The van der Waals surface area contributed by atoms with Crippen molar-refractivity contribution in [3.8, 4) is 0 Å². The van der Waals surface area contributed by atoms with Gasteiger partial charge in [-0.2, -0.15) is 0 Å². The molecule has 1 aromatic carbocycles. The first-order valence-corrected chi connectivity index (χ1v) is 6.81. The summed E-state index contributed by atoms with van der Waals surface area (Å²) in [7, 11) is 1.76. The van der Waals surface area contributed by atoms with Crippen molar-refractivity contribution < 1.29 is 9.21 Å². The summed E-state index contributed by atoms with van der Waals surface area (Å²) in [5.74, 6) is 0.784. The summed E-state index contributed by atoms with van der Waals surface area (Å²) in [4.78, 5) is 13.5. The van der Waals surface area contributed by atoms with Crippen LogP contribution < -0.4 is 5.32 Å². The number of carbonyl (C=O) groups is 1. The Bertz CT molecular complexity index is 509. The summed E-state index contributed by atoms with van der Waals surface area (Å²) in [6.07, 6.45) is 3.52. The highest BCUT2D eigenvalue weighted by atomic mass is 16.3. The molecule has 4 nitrogen and oxygen atoms in total. The van der Waals surface area contributed by atoms with Crippen LogP contribution in [0.15, 0.2) is 53.1 Å². The van der Waals surface area contributed by atoms with Crippen LogP contribution in [-0.4, -0.2) is 24.5 Å². The molecule has 0 aliphatic heterocycles. The lowest BCUT2D eigenvalue weighted by Crippen LogP contribution is -2.37. The van der Waals surface area contributed by atoms with E-state index in [4.69, 9.17) is 4.42 Å². The number of nitrogens with zero attached hydrogens (tertiary/aromatic N) is 1. The summed E-state index contributed by atoms with van der Waals surface area (Å²) < 4.78 is 5.22. The number of hydrogen-bond donors (Lipinski definition) is 1. The van der Waals surface area contributed by atoms with Crippen LogP contribution in [0, 0.1) is 0 Å². The van der Waals surface area contributed by atoms with Crippen LogP contribution in [0.3, 0.4) is 0 Å².